The Hall–Kier alpha value is -2.46. The van der Waals surface area contributed by atoms with Crippen molar-refractivity contribution in [2.45, 2.75) is 0 Å². The Morgan fingerprint density at radius 2 is 2.12 bits per heavy atom. The van der Waals surface area contributed by atoms with Gasteiger partial charge in [-0.05, 0) is 34.1 Å². The van der Waals surface area contributed by atoms with Gasteiger partial charge in [0.1, 0.15) is 11.5 Å². The zero-order valence-electron chi connectivity index (χ0n) is 12.5. The van der Waals surface area contributed by atoms with Gasteiger partial charge in [-0.1, -0.05) is 22.0 Å². The van der Waals surface area contributed by atoms with Gasteiger partial charge in [-0.2, -0.15) is 5.10 Å². The molecule has 0 unspecified atom stereocenters. The first kappa shape index (κ1) is 18.9. The lowest BCUT2D eigenvalue weighted by Gasteiger charge is -2.05. The number of aromatic hydroxyl groups is 1. The number of ether oxygens (including phenoxy) is 1. The van der Waals surface area contributed by atoms with E-state index in [0.29, 0.717) is 10.0 Å². The van der Waals surface area contributed by atoms with Crippen LogP contribution in [0.4, 0.5) is 5.69 Å². The third-order valence-electron chi connectivity index (χ3n) is 2.85. The minimum absolute atomic E-state index is 0.0194. The average Bonchev–Trinajstić information content (AvgIpc) is 2.57. The predicted octanol–water partition coefficient (Wildman–Crippen LogP) is 3.35. The minimum atomic E-state index is -0.559. The molecule has 2 aromatic rings. The summed E-state index contributed by atoms with van der Waals surface area (Å²) >= 11 is 6.46. The van der Waals surface area contributed by atoms with E-state index in [-0.39, 0.29) is 23.8 Å². The zero-order chi connectivity index (χ0) is 18.4. The number of benzene rings is 2. The SMILES string of the molecule is O=C(COc1cccc([N+](=O)[O-])c1)N/N=C\c1cc(Br)cc(Br)c1O. The molecule has 0 aliphatic heterocycles. The number of hydrogen-bond donors (Lipinski definition) is 2. The molecule has 10 heteroatoms. The molecule has 2 rings (SSSR count). The number of rotatable bonds is 6. The molecule has 0 aromatic heterocycles. The number of halogens is 2. The maximum atomic E-state index is 11.7. The number of nitrogens with one attached hydrogen (secondary N) is 1. The van der Waals surface area contributed by atoms with Gasteiger partial charge < -0.3 is 9.84 Å². The molecule has 0 spiro atoms. The maximum Gasteiger partial charge on any atom is 0.277 e. The van der Waals surface area contributed by atoms with E-state index in [2.05, 4.69) is 42.4 Å². The first-order valence-corrected chi connectivity index (χ1v) is 8.32. The zero-order valence-corrected chi connectivity index (χ0v) is 15.7. The van der Waals surface area contributed by atoms with E-state index in [1.807, 2.05) is 0 Å². The summed E-state index contributed by atoms with van der Waals surface area (Å²) in [4.78, 5) is 21.8. The number of hydrogen-bond acceptors (Lipinski definition) is 6. The number of carbonyl (C=O) groups excluding carboxylic acids is 1. The van der Waals surface area contributed by atoms with Gasteiger partial charge in [-0.3, -0.25) is 14.9 Å². The maximum absolute atomic E-state index is 11.7. The molecule has 0 saturated heterocycles. The molecule has 0 aliphatic carbocycles. The number of hydrazone groups is 1. The van der Waals surface area contributed by atoms with E-state index >= 15 is 0 Å². The minimum Gasteiger partial charge on any atom is -0.506 e. The lowest BCUT2D eigenvalue weighted by atomic mass is 10.2. The van der Waals surface area contributed by atoms with E-state index in [0.717, 1.165) is 4.47 Å². The van der Waals surface area contributed by atoms with E-state index in [4.69, 9.17) is 4.74 Å². The van der Waals surface area contributed by atoms with Gasteiger partial charge in [0.25, 0.3) is 11.6 Å². The van der Waals surface area contributed by atoms with Crippen molar-refractivity contribution in [1.29, 1.82) is 0 Å². The number of amides is 1. The summed E-state index contributed by atoms with van der Waals surface area (Å²) in [6.45, 7) is -0.368. The summed E-state index contributed by atoms with van der Waals surface area (Å²) in [5, 5.41) is 24.3. The third kappa shape index (κ3) is 5.54. The number of nitro groups is 1. The summed E-state index contributed by atoms with van der Waals surface area (Å²) in [6.07, 6.45) is 1.27. The highest BCUT2D eigenvalue weighted by molar-refractivity contribution is 9.11. The fourth-order valence-electron chi connectivity index (χ4n) is 1.73. The summed E-state index contributed by atoms with van der Waals surface area (Å²) in [6, 6.07) is 8.78. The summed E-state index contributed by atoms with van der Waals surface area (Å²) in [5.74, 6) is -0.382. The summed E-state index contributed by atoms with van der Waals surface area (Å²) in [5.41, 5.74) is 2.49. The standard InChI is InChI=1S/C15H11Br2N3O5/c16-10-4-9(15(22)13(17)5-10)7-18-19-14(21)8-25-12-3-1-2-11(6-12)20(23)24/h1-7,22H,8H2,(H,19,21)/b18-7-. The lowest BCUT2D eigenvalue weighted by Crippen LogP contribution is -2.24. The van der Waals surface area contributed by atoms with Crippen LogP contribution in [0.1, 0.15) is 5.56 Å². The number of nitro benzene ring substituents is 1. The highest BCUT2D eigenvalue weighted by Crippen LogP contribution is 2.30. The average molecular weight is 473 g/mol. The monoisotopic (exact) mass is 471 g/mol. The second-order valence-corrected chi connectivity index (χ2v) is 6.43. The van der Waals surface area contributed by atoms with Crippen LogP contribution in [0, 0.1) is 10.1 Å². The predicted molar refractivity (Wildman–Crippen MR) is 97.8 cm³/mol. The molecular weight excluding hydrogens is 462 g/mol. The quantitative estimate of drug-likeness (QED) is 0.380. The first-order valence-electron chi connectivity index (χ1n) is 6.74. The Bertz CT molecular complexity index is 842. The van der Waals surface area contributed by atoms with E-state index in [1.165, 1.54) is 30.5 Å². The number of nitrogens with zero attached hydrogens (tertiary/aromatic N) is 2. The van der Waals surface area contributed by atoms with Crippen LogP contribution in [0.3, 0.4) is 0 Å². The molecule has 0 aliphatic rings. The van der Waals surface area contributed by atoms with Crippen molar-refractivity contribution in [2.75, 3.05) is 6.61 Å². The normalized spacial score (nSPS) is 10.6. The van der Waals surface area contributed by atoms with Crippen molar-refractivity contribution in [3.8, 4) is 11.5 Å². The van der Waals surface area contributed by atoms with Crippen LogP contribution in [-0.4, -0.2) is 28.8 Å². The Morgan fingerprint density at radius 1 is 1.36 bits per heavy atom. The fourth-order valence-corrected chi connectivity index (χ4v) is 2.98. The number of carbonyl (C=O) groups is 1. The van der Waals surface area contributed by atoms with Gasteiger partial charge in [0.05, 0.1) is 21.7 Å². The summed E-state index contributed by atoms with van der Waals surface area (Å²) < 4.78 is 6.37. The van der Waals surface area contributed by atoms with E-state index in [1.54, 1.807) is 12.1 Å². The second-order valence-electron chi connectivity index (χ2n) is 4.66. The van der Waals surface area contributed by atoms with Crippen molar-refractivity contribution < 1.29 is 19.6 Å². The van der Waals surface area contributed by atoms with Crippen LogP contribution < -0.4 is 10.2 Å². The van der Waals surface area contributed by atoms with Gasteiger partial charge in [0.2, 0.25) is 0 Å². The van der Waals surface area contributed by atoms with Crippen LogP contribution in [-0.2, 0) is 4.79 Å². The van der Waals surface area contributed by atoms with Crippen LogP contribution >= 0.6 is 31.9 Å². The molecule has 0 saturated carbocycles. The molecule has 0 radical (unpaired) electrons. The van der Waals surface area contributed by atoms with E-state index in [9.17, 15) is 20.0 Å². The summed E-state index contributed by atoms with van der Waals surface area (Å²) in [7, 11) is 0. The largest absolute Gasteiger partial charge is 0.506 e. The topological polar surface area (TPSA) is 114 Å². The van der Waals surface area contributed by atoms with Crippen molar-refractivity contribution in [1.82, 2.24) is 5.43 Å². The lowest BCUT2D eigenvalue weighted by molar-refractivity contribution is -0.384. The fraction of sp³-hybridized carbons (Fsp3) is 0.0667. The molecule has 130 valence electrons. The van der Waals surface area contributed by atoms with Crippen molar-refractivity contribution in [3.63, 3.8) is 0 Å². The number of non-ortho nitro benzene ring substituents is 1. The molecule has 0 atom stereocenters. The highest BCUT2D eigenvalue weighted by Gasteiger charge is 2.08. The molecular formula is C15H11Br2N3O5. The molecule has 2 aromatic carbocycles. The molecule has 0 bridgehead atoms. The Balaban J connectivity index is 1.91. The van der Waals surface area contributed by atoms with Gasteiger partial charge >= 0.3 is 0 Å². The Morgan fingerprint density at radius 3 is 2.84 bits per heavy atom. The first-order chi connectivity index (χ1) is 11.9. The van der Waals surface area contributed by atoms with Crippen molar-refractivity contribution in [3.05, 3.63) is 61.0 Å². The van der Waals surface area contributed by atoms with Gasteiger partial charge in [0.15, 0.2) is 6.61 Å². The van der Waals surface area contributed by atoms with E-state index < -0.39 is 10.8 Å². The van der Waals surface area contributed by atoms with Gasteiger partial charge in [-0.25, -0.2) is 5.43 Å². The van der Waals surface area contributed by atoms with Crippen LogP contribution in [0.2, 0.25) is 0 Å². The Kier molecular flexibility index (Phi) is 6.48. The Labute approximate surface area is 158 Å². The molecule has 2 N–H and O–H groups in total. The van der Waals surface area contributed by atoms with Crippen LogP contribution in [0.15, 0.2) is 50.4 Å². The van der Waals surface area contributed by atoms with Crippen LogP contribution in [0.5, 0.6) is 11.5 Å². The smallest absolute Gasteiger partial charge is 0.277 e. The van der Waals surface area contributed by atoms with Crippen LogP contribution in [0.25, 0.3) is 0 Å². The molecule has 25 heavy (non-hydrogen) atoms. The van der Waals surface area contributed by atoms with Gasteiger partial charge in [-0.15, -0.1) is 0 Å². The molecule has 1 amide bonds. The second kappa shape index (κ2) is 8.58. The molecule has 0 heterocycles. The third-order valence-corrected chi connectivity index (χ3v) is 3.91. The van der Waals surface area contributed by atoms with Gasteiger partial charge in [0, 0.05) is 16.1 Å². The highest BCUT2D eigenvalue weighted by atomic mass is 79.9. The van der Waals surface area contributed by atoms with Crippen molar-refractivity contribution in [2.24, 2.45) is 5.10 Å². The molecule has 0 fully saturated rings. The number of phenols is 1. The van der Waals surface area contributed by atoms with Crippen molar-refractivity contribution >= 4 is 49.7 Å². The molecule has 8 nitrogen and oxygen atoms in total. The number of phenolic OH excluding ortho intramolecular Hbond substituents is 1.